The molecule has 3 rings (SSSR count). The molecular weight excluding hydrogens is 538 g/mol. The van der Waals surface area contributed by atoms with Gasteiger partial charge in [-0.15, -0.1) is 11.3 Å². The van der Waals surface area contributed by atoms with E-state index in [1.54, 1.807) is 19.1 Å². The fourth-order valence-corrected chi connectivity index (χ4v) is 6.43. The second kappa shape index (κ2) is 10.0. The van der Waals surface area contributed by atoms with Crippen LogP contribution >= 0.6 is 34.5 Å². The summed E-state index contributed by atoms with van der Waals surface area (Å²) in [5.74, 6) is -0.636. The first-order valence-corrected chi connectivity index (χ1v) is 17.6. The van der Waals surface area contributed by atoms with E-state index < -0.39 is 29.3 Å². The van der Waals surface area contributed by atoms with Crippen LogP contribution in [0.25, 0.3) is 0 Å². The summed E-state index contributed by atoms with van der Waals surface area (Å²) in [6, 6.07) is 7.96. The highest BCUT2D eigenvalue weighted by Crippen LogP contribution is 2.42. The molecule has 3 aromatic rings. The Morgan fingerprint density at radius 2 is 1.91 bits per heavy atom. The van der Waals surface area contributed by atoms with Crippen LogP contribution in [0.1, 0.15) is 22.0 Å². The molecule has 0 aliphatic heterocycles. The van der Waals surface area contributed by atoms with Crippen LogP contribution in [0, 0.1) is 12.7 Å². The number of thiophene rings is 1. The van der Waals surface area contributed by atoms with E-state index in [1.165, 1.54) is 16.7 Å². The van der Waals surface area contributed by atoms with Gasteiger partial charge in [0.2, 0.25) is 0 Å². The summed E-state index contributed by atoms with van der Waals surface area (Å²) in [5, 5.41) is 11.8. The molecule has 0 aliphatic carbocycles. The van der Waals surface area contributed by atoms with Gasteiger partial charge >= 0.3 is 0 Å². The molecule has 0 saturated carbocycles. The Kier molecular flexibility index (Phi) is 8.04. The van der Waals surface area contributed by atoms with Gasteiger partial charge in [-0.1, -0.05) is 48.9 Å². The van der Waals surface area contributed by atoms with E-state index in [1.807, 2.05) is 0 Å². The van der Waals surface area contributed by atoms with Crippen molar-refractivity contribution in [2.75, 3.05) is 12.9 Å². The van der Waals surface area contributed by atoms with Gasteiger partial charge < -0.3 is 14.4 Å². The number of sulfone groups is 1. The molecular formula is C22H27Cl2FN2O4S2Si. The van der Waals surface area contributed by atoms with Crippen LogP contribution in [0.5, 0.6) is 0 Å². The van der Waals surface area contributed by atoms with Gasteiger partial charge in [-0.2, -0.15) is 0 Å². The number of halogens is 3. The van der Waals surface area contributed by atoms with Crippen molar-refractivity contribution in [3.05, 3.63) is 67.5 Å². The maximum atomic E-state index is 14.0. The molecule has 186 valence electrons. The number of aliphatic hydroxyl groups is 1. The molecule has 0 saturated heterocycles. The molecule has 1 aromatic carbocycles. The Balaban J connectivity index is 2.23. The minimum absolute atomic E-state index is 0.0135. The van der Waals surface area contributed by atoms with Crippen LogP contribution in [-0.2, 0) is 26.9 Å². The molecule has 0 fully saturated rings. The number of imidazole rings is 1. The minimum Gasteiger partial charge on any atom is -0.372 e. The number of rotatable bonds is 9. The number of hydrogen-bond acceptors (Lipinski definition) is 6. The highest BCUT2D eigenvalue weighted by molar-refractivity contribution is 7.90. The first-order valence-electron chi connectivity index (χ1n) is 10.4. The number of benzene rings is 1. The van der Waals surface area contributed by atoms with Crippen LogP contribution in [-0.4, -0.2) is 44.0 Å². The van der Waals surface area contributed by atoms with E-state index in [2.05, 4.69) is 24.6 Å². The van der Waals surface area contributed by atoms with Gasteiger partial charge in [-0.3, -0.25) is 0 Å². The molecule has 2 aromatic heterocycles. The molecule has 0 radical (unpaired) electrons. The van der Waals surface area contributed by atoms with E-state index in [-0.39, 0.29) is 28.2 Å². The Hall–Kier alpha value is -1.27. The molecule has 1 N–H and O–H groups in total. The molecule has 1 atom stereocenters. The van der Waals surface area contributed by atoms with Crippen LogP contribution < -0.4 is 0 Å². The van der Waals surface area contributed by atoms with Crippen molar-refractivity contribution < 1.29 is 22.7 Å². The maximum Gasteiger partial charge on any atom is 0.194 e. The predicted molar refractivity (Wildman–Crippen MR) is 137 cm³/mol. The first-order chi connectivity index (χ1) is 15.6. The van der Waals surface area contributed by atoms with Crippen LogP contribution in [0.15, 0.2) is 35.4 Å². The molecule has 0 spiro atoms. The second-order valence-corrected chi connectivity index (χ2v) is 19.0. The summed E-state index contributed by atoms with van der Waals surface area (Å²) in [6.07, 6.45) is 1.05. The Morgan fingerprint density at radius 3 is 2.44 bits per heavy atom. The van der Waals surface area contributed by atoms with E-state index >= 15 is 0 Å². The van der Waals surface area contributed by atoms with Crippen molar-refractivity contribution in [2.45, 2.75) is 50.0 Å². The summed E-state index contributed by atoms with van der Waals surface area (Å²) >= 11 is 13.3. The summed E-state index contributed by atoms with van der Waals surface area (Å²) < 4.78 is 46.8. The smallest absolute Gasteiger partial charge is 0.194 e. The van der Waals surface area contributed by atoms with Crippen molar-refractivity contribution in [3.8, 4) is 0 Å². The van der Waals surface area contributed by atoms with Crippen molar-refractivity contribution in [2.24, 2.45) is 0 Å². The van der Waals surface area contributed by atoms with E-state index in [9.17, 15) is 17.9 Å². The van der Waals surface area contributed by atoms with Gasteiger partial charge in [0.1, 0.15) is 12.5 Å². The van der Waals surface area contributed by atoms with Gasteiger partial charge in [0.05, 0.1) is 15.1 Å². The number of aromatic nitrogens is 2. The van der Waals surface area contributed by atoms with Gasteiger partial charge in [0, 0.05) is 25.8 Å². The largest absolute Gasteiger partial charge is 0.372 e. The molecule has 2 heterocycles. The lowest BCUT2D eigenvalue weighted by atomic mass is 9.91. The lowest BCUT2D eigenvalue weighted by Gasteiger charge is -2.28. The molecule has 0 amide bonds. The second-order valence-electron chi connectivity index (χ2n) is 9.32. The van der Waals surface area contributed by atoms with Gasteiger partial charge in [0.25, 0.3) is 0 Å². The zero-order valence-electron chi connectivity index (χ0n) is 19.5. The number of nitrogens with zero attached hydrogens (tertiary/aromatic N) is 2. The third-order valence-corrected chi connectivity index (χ3v) is 9.76. The lowest BCUT2D eigenvalue weighted by Crippen LogP contribution is -2.32. The Bertz CT molecular complexity index is 1300. The highest BCUT2D eigenvalue weighted by atomic mass is 35.5. The van der Waals surface area contributed by atoms with Crippen molar-refractivity contribution in [1.82, 2.24) is 9.55 Å². The van der Waals surface area contributed by atoms with Crippen molar-refractivity contribution >= 4 is 52.4 Å². The van der Waals surface area contributed by atoms with Gasteiger partial charge in [-0.05, 0) is 42.8 Å². The summed E-state index contributed by atoms with van der Waals surface area (Å²) in [4.78, 5) is 4.74. The van der Waals surface area contributed by atoms with Gasteiger partial charge in [-0.25, -0.2) is 17.8 Å². The monoisotopic (exact) mass is 564 g/mol. The molecule has 12 heteroatoms. The summed E-state index contributed by atoms with van der Waals surface area (Å²) in [5.41, 5.74) is -1.43. The third-order valence-electron chi connectivity index (χ3n) is 5.34. The normalized spacial score (nSPS) is 14.4. The number of hydrogen-bond donors (Lipinski definition) is 1. The number of ether oxygens (including phenoxy) is 1. The minimum atomic E-state index is -3.72. The van der Waals surface area contributed by atoms with Crippen LogP contribution in [0.4, 0.5) is 4.39 Å². The average Bonchev–Trinajstić information content (AvgIpc) is 3.30. The van der Waals surface area contributed by atoms with Gasteiger partial charge in [0.15, 0.2) is 26.3 Å². The zero-order chi connectivity index (χ0) is 25.5. The zero-order valence-corrected chi connectivity index (χ0v) is 23.7. The standard InChI is InChI=1S/C22H27Cl2FN2O4S2Si/c1-14-20(33(2,29)30)26-21(27(14)13-31-10-11-34(3,4)5)22(28,18-8-9-19(24)32-18)15-6-7-17(25)16(23)12-15/h6-9,12,28H,10-11,13H2,1-5H3. The quantitative estimate of drug-likeness (QED) is 0.266. The molecule has 34 heavy (non-hydrogen) atoms. The average molecular weight is 566 g/mol. The summed E-state index contributed by atoms with van der Waals surface area (Å²) in [7, 11) is -5.08. The van der Waals surface area contributed by atoms with Crippen molar-refractivity contribution in [3.63, 3.8) is 0 Å². The third kappa shape index (κ3) is 5.75. The SMILES string of the molecule is Cc1c(S(C)(=O)=O)nc(C(O)(c2ccc(F)c(Cl)c2)c2ccc(Cl)s2)n1COCC[Si](C)(C)C. The van der Waals surface area contributed by atoms with E-state index in [4.69, 9.17) is 27.9 Å². The van der Waals surface area contributed by atoms with E-state index in [0.29, 0.717) is 21.5 Å². The summed E-state index contributed by atoms with van der Waals surface area (Å²) in [6.45, 7) is 8.74. The van der Waals surface area contributed by atoms with Crippen LogP contribution in [0.2, 0.25) is 35.0 Å². The molecule has 0 aliphatic rings. The van der Waals surface area contributed by atoms with Crippen molar-refractivity contribution in [1.29, 1.82) is 0 Å². The fraction of sp³-hybridized carbons (Fsp3) is 0.409. The Morgan fingerprint density at radius 1 is 1.24 bits per heavy atom. The lowest BCUT2D eigenvalue weighted by molar-refractivity contribution is 0.0634. The topological polar surface area (TPSA) is 81.4 Å². The molecule has 0 bridgehead atoms. The fourth-order valence-electron chi connectivity index (χ4n) is 3.44. The highest BCUT2D eigenvalue weighted by Gasteiger charge is 2.42. The maximum absolute atomic E-state index is 14.0. The van der Waals surface area contributed by atoms with Crippen LogP contribution in [0.3, 0.4) is 0 Å². The Labute approximate surface area is 214 Å². The molecule has 6 nitrogen and oxygen atoms in total. The molecule has 1 unspecified atom stereocenters. The predicted octanol–water partition coefficient (Wildman–Crippen LogP) is 5.70. The van der Waals surface area contributed by atoms with E-state index in [0.717, 1.165) is 29.7 Å². The first kappa shape index (κ1) is 27.3.